The number of pyridine rings is 1. The van der Waals surface area contributed by atoms with Crippen LogP contribution in [0.1, 0.15) is 18.5 Å². The van der Waals surface area contributed by atoms with Gasteiger partial charge in [0.25, 0.3) is 0 Å². The number of anilines is 2. The van der Waals surface area contributed by atoms with E-state index in [0.29, 0.717) is 0 Å². The van der Waals surface area contributed by atoms with E-state index in [1.54, 1.807) is 6.20 Å². The minimum absolute atomic E-state index is 0.00686. The van der Waals surface area contributed by atoms with Crippen molar-refractivity contribution < 1.29 is 0 Å². The number of hydrogen-bond acceptors (Lipinski definition) is 3. The van der Waals surface area contributed by atoms with Gasteiger partial charge in [-0.05, 0) is 30.7 Å². The number of nitrogens with one attached hydrogen (secondary N) is 1. The lowest BCUT2D eigenvalue weighted by Crippen LogP contribution is -2.08. The molecule has 0 saturated carbocycles. The standard InChI is InChI=1S/C13H15N3/c1-10(14)11-6-2-3-7-12(11)16-13-8-4-5-9-15-13/h2-10H,14H2,1H3,(H,15,16). The number of rotatable bonds is 3. The average molecular weight is 213 g/mol. The topological polar surface area (TPSA) is 50.9 Å². The maximum Gasteiger partial charge on any atom is 0.130 e. The van der Waals surface area contributed by atoms with Gasteiger partial charge in [-0.1, -0.05) is 24.3 Å². The molecule has 0 spiro atoms. The first kappa shape index (κ1) is 10.6. The Morgan fingerprint density at radius 3 is 2.56 bits per heavy atom. The summed E-state index contributed by atoms with van der Waals surface area (Å²) >= 11 is 0. The van der Waals surface area contributed by atoms with E-state index < -0.39 is 0 Å². The van der Waals surface area contributed by atoms with Crippen LogP contribution in [0, 0.1) is 0 Å². The second kappa shape index (κ2) is 4.77. The summed E-state index contributed by atoms with van der Waals surface area (Å²) in [5, 5.41) is 3.26. The molecule has 0 aliphatic rings. The van der Waals surface area contributed by atoms with E-state index in [-0.39, 0.29) is 6.04 Å². The van der Waals surface area contributed by atoms with Crippen molar-refractivity contribution >= 4 is 11.5 Å². The van der Waals surface area contributed by atoms with E-state index in [0.717, 1.165) is 17.1 Å². The zero-order valence-electron chi connectivity index (χ0n) is 9.22. The Morgan fingerprint density at radius 1 is 1.12 bits per heavy atom. The van der Waals surface area contributed by atoms with Crippen molar-refractivity contribution in [1.29, 1.82) is 0 Å². The SMILES string of the molecule is CC(N)c1ccccc1Nc1ccccn1. The molecule has 3 nitrogen and oxygen atoms in total. The normalized spacial score (nSPS) is 12.1. The maximum atomic E-state index is 5.91. The molecule has 0 saturated heterocycles. The molecular formula is C13H15N3. The molecule has 0 amide bonds. The fourth-order valence-corrected chi connectivity index (χ4v) is 1.58. The van der Waals surface area contributed by atoms with E-state index in [1.165, 1.54) is 0 Å². The van der Waals surface area contributed by atoms with Crippen LogP contribution >= 0.6 is 0 Å². The fourth-order valence-electron chi connectivity index (χ4n) is 1.58. The highest BCUT2D eigenvalue weighted by molar-refractivity contribution is 5.61. The summed E-state index contributed by atoms with van der Waals surface area (Å²) in [6, 6.07) is 13.8. The zero-order chi connectivity index (χ0) is 11.4. The molecular weight excluding hydrogens is 198 g/mol. The largest absolute Gasteiger partial charge is 0.340 e. The van der Waals surface area contributed by atoms with E-state index in [2.05, 4.69) is 10.3 Å². The molecule has 0 aliphatic heterocycles. The highest BCUT2D eigenvalue weighted by atomic mass is 15.0. The summed E-state index contributed by atoms with van der Waals surface area (Å²) in [6.07, 6.45) is 1.76. The predicted octanol–water partition coefficient (Wildman–Crippen LogP) is 2.84. The third-order valence-corrected chi connectivity index (χ3v) is 2.38. The smallest absolute Gasteiger partial charge is 0.130 e. The third kappa shape index (κ3) is 2.38. The molecule has 0 radical (unpaired) electrons. The van der Waals surface area contributed by atoms with Crippen LogP contribution in [-0.2, 0) is 0 Å². The van der Waals surface area contributed by atoms with Crippen LogP contribution in [0.3, 0.4) is 0 Å². The van der Waals surface area contributed by atoms with Crippen molar-refractivity contribution in [2.75, 3.05) is 5.32 Å². The number of benzene rings is 1. The lowest BCUT2D eigenvalue weighted by molar-refractivity contribution is 0.820. The minimum Gasteiger partial charge on any atom is -0.340 e. The first-order valence-electron chi connectivity index (χ1n) is 5.30. The monoisotopic (exact) mass is 213 g/mol. The molecule has 2 rings (SSSR count). The maximum absolute atomic E-state index is 5.91. The summed E-state index contributed by atoms with van der Waals surface area (Å²) in [4.78, 5) is 4.22. The average Bonchev–Trinajstić information content (AvgIpc) is 2.31. The zero-order valence-corrected chi connectivity index (χ0v) is 9.22. The molecule has 1 heterocycles. The van der Waals surface area contributed by atoms with Crippen molar-refractivity contribution in [1.82, 2.24) is 4.98 Å². The second-order valence-electron chi connectivity index (χ2n) is 3.72. The molecule has 1 aromatic carbocycles. The van der Waals surface area contributed by atoms with Crippen LogP contribution in [0.4, 0.5) is 11.5 Å². The Hall–Kier alpha value is -1.87. The van der Waals surface area contributed by atoms with E-state index in [1.807, 2.05) is 49.4 Å². The lowest BCUT2D eigenvalue weighted by Gasteiger charge is -2.13. The van der Waals surface area contributed by atoms with Crippen molar-refractivity contribution in [3.05, 3.63) is 54.2 Å². The van der Waals surface area contributed by atoms with Crippen molar-refractivity contribution in [2.24, 2.45) is 5.73 Å². The summed E-state index contributed by atoms with van der Waals surface area (Å²) in [5.41, 5.74) is 8.01. The molecule has 1 aromatic heterocycles. The quantitative estimate of drug-likeness (QED) is 0.824. The van der Waals surface area contributed by atoms with Crippen LogP contribution in [0.25, 0.3) is 0 Å². The molecule has 82 valence electrons. The number of hydrogen-bond donors (Lipinski definition) is 2. The summed E-state index contributed by atoms with van der Waals surface area (Å²) in [7, 11) is 0. The number of nitrogens with two attached hydrogens (primary N) is 1. The number of para-hydroxylation sites is 1. The van der Waals surface area contributed by atoms with Crippen LogP contribution in [-0.4, -0.2) is 4.98 Å². The fraction of sp³-hybridized carbons (Fsp3) is 0.154. The molecule has 3 heteroatoms. The van der Waals surface area contributed by atoms with Gasteiger partial charge in [0.05, 0.1) is 0 Å². The van der Waals surface area contributed by atoms with E-state index in [4.69, 9.17) is 5.73 Å². The van der Waals surface area contributed by atoms with Gasteiger partial charge in [-0.2, -0.15) is 0 Å². The molecule has 16 heavy (non-hydrogen) atoms. The van der Waals surface area contributed by atoms with Crippen molar-refractivity contribution in [3.63, 3.8) is 0 Å². The molecule has 0 bridgehead atoms. The van der Waals surface area contributed by atoms with Gasteiger partial charge in [-0.25, -0.2) is 4.98 Å². The summed E-state index contributed by atoms with van der Waals surface area (Å²) in [6.45, 7) is 1.97. The molecule has 0 fully saturated rings. The Kier molecular flexibility index (Phi) is 3.17. The van der Waals surface area contributed by atoms with E-state index in [9.17, 15) is 0 Å². The number of nitrogens with zero attached hydrogens (tertiary/aromatic N) is 1. The minimum atomic E-state index is 0.00686. The van der Waals surface area contributed by atoms with Gasteiger partial charge >= 0.3 is 0 Å². The van der Waals surface area contributed by atoms with Gasteiger partial charge in [-0.3, -0.25) is 0 Å². The van der Waals surface area contributed by atoms with Crippen LogP contribution in [0.15, 0.2) is 48.7 Å². The highest BCUT2D eigenvalue weighted by Crippen LogP contribution is 2.23. The Bertz CT molecular complexity index is 452. The Labute approximate surface area is 95.3 Å². The van der Waals surface area contributed by atoms with Crippen LogP contribution in [0.2, 0.25) is 0 Å². The first-order valence-corrected chi connectivity index (χ1v) is 5.30. The third-order valence-electron chi connectivity index (χ3n) is 2.38. The lowest BCUT2D eigenvalue weighted by atomic mass is 10.1. The van der Waals surface area contributed by atoms with Crippen molar-refractivity contribution in [3.8, 4) is 0 Å². The van der Waals surface area contributed by atoms with Crippen LogP contribution in [0.5, 0.6) is 0 Å². The molecule has 2 aromatic rings. The van der Waals surface area contributed by atoms with E-state index >= 15 is 0 Å². The summed E-state index contributed by atoms with van der Waals surface area (Å²) in [5.74, 6) is 0.829. The van der Waals surface area contributed by atoms with Gasteiger partial charge in [0.2, 0.25) is 0 Å². The Balaban J connectivity index is 2.28. The molecule has 3 N–H and O–H groups in total. The Morgan fingerprint density at radius 2 is 1.88 bits per heavy atom. The highest BCUT2D eigenvalue weighted by Gasteiger charge is 2.05. The van der Waals surface area contributed by atoms with Gasteiger partial charge in [0.1, 0.15) is 5.82 Å². The molecule has 1 atom stereocenters. The van der Waals surface area contributed by atoms with Gasteiger partial charge < -0.3 is 11.1 Å². The first-order chi connectivity index (χ1) is 7.77. The number of aromatic nitrogens is 1. The van der Waals surface area contributed by atoms with Gasteiger partial charge in [-0.15, -0.1) is 0 Å². The second-order valence-corrected chi connectivity index (χ2v) is 3.72. The van der Waals surface area contributed by atoms with Gasteiger partial charge in [0, 0.05) is 17.9 Å². The molecule has 0 aliphatic carbocycles. The van der Waals surface area contributed by atoms with Crippen molar-refractivity contribution in [2.45, 2.75) is 13.0 Å². The summed E-state index contributed by atoms with van der Waals surface area (Å²) < 4.78 is 0. The predicted molar refractivity (Wildman–Crippen MR) is 66.6 cm³/mol. The van der Waals surface area contributed by atoms with Crippen LogP contribution < -0.4 is 11.1 Å². The molecule has 1 unspecified atom stereocenters. The van der Waals surface area contributed by atoms with Gasteiger partial charge in [0.15, 0.2) is 0 Å².